The average Bonchev–Trinajstić information content (AvgIpc) is 2.37. The van der Waals surface area contributed by atoms with Gasteiger partial charge in [0.25, 0.3) is 0 Å². The SMILES string of the molecule is CCOc1ccccc1C(N)CN(C)C(C)C(C)(C)C. The summed E-state index contributed by atoms with van der Waals surface area (Å²) in [6.45, 7) is 12.5. The van der Waals surface area contributed by atoms with Gasteiger partial charge >= 0.3 is 0 Å². The zero-order chi connectivity index (χ0) is 15.3. The number of hydrogen-bond donors (Lipinski definition) is 1. The Balaban J connectivity index is 2.78. The molecule has 0 radical (unpaired) electrons. The Hall–Kier alpha value is -1.06. The van der Waals surface area contributed by atoms with Crippen LogP contribution < -0.4 is 10.5 Å². The summed E-state index contributed by atoms with van der Waals surface area (Å²) in [7, 11) is 2.14. The second kappa shape index (κ2) is 7.09. The van der Waals surface area contributed by atoms with Gasteiger partial charge in [0.1, 0.15) is 5.75 Å². The third-order valence-corrected chi connectivity index (χ3v) is 4.02. The van der Waals surface area contributed by atoms with Crippen LogP contribution >= 0.6 is 0 Å². The first-order valence-corrected chi connectivity index (χ1v) is 7.45. The molecule has 0 aliphatic heterocycles. The highest BCUT2D eigenvalue weighted by Crippen LogP contribution is 2.27. The number of likely N-dealkylation sites (N-methyl/N-ethyl adjacent to an activating group) is 1. The molecule has 0 amide bonds. The van der Waals surface area contributed by atoms with Crippen LogP contribution in [0, 0.1) is 5.41 Å². The average molecular weight is 278 g/mol. The Morgan fingerprint density at radius 1 is 1.25 bits per heavy atom. The molecule has 0 fully saturated rings. The summed E-state index contributed by atoms with van der Waals surface area (Å²) in [4.78, 5) is 2.33. The lowest BCUT2D eigenvalue weighted by Crippen LogP contribution is -2.42. The van der Waals surface area contributed by atoms with Gasteiger partial charge in [-0.1, -0.05) is 39.0 Å². The van der Waals surface area contributed by atoms with Gasteiger partial charge in [-0.3, -0.25) is 0 Å². The van der Waals surface area contributed by atoms with E-state index in [-0.39, 0.29) is 11.5 Å². The lowest BCUT2D eigenvalue weighted by atomic mass is 9.87. The Bertz CT molecular complexity index is 412. The standard InChI is InChI=1S/C17H30N2O/c1-7-20-16-11-9-8-10-14(16)15(18)12-19(6)13(2)17(3,4)5/h8-11,13,15H,7,12,18H2,1-6H3. The van der Waals surface area contributed by atoms with E-state index in [2.05, 4.69) is 45.7 Å². The first kappa shape index (κ1) is 17.0. The predicted molar refractivity (Wildman–Crippen MR) is 86.1 cm³/mol. The van der Waals surface area contributed by atoms with E-state index >= 15 is 0 Å². The highest BCUT2D eigenvalue weighted by molar-refractivity contribution is 5.36. The van der Waals surface area contributed by atoms with Crippen molar-refractivity contribution in [3.8, 4) is 5.75 Å². The predicted octanol–water partition coefficient (Wildman–Crippen LogP) is 3.45. The summed E-state index contributed by atoms with van der Waals surface area (Å²) in [5.74, 6) is 0.902. The molecule has 2 atom stereocenters. The van der Waals surface area contributed by atoms with Gasteiger partial charge in [0.05, 0.1) is 6.61 Å². The monoisotopic (exact) mass is 278 g/mol. The Kier molecular flexibility index (Phi) is 6.03. The van der Waals surface area contributed by atoms with Crippen molar-refractivity contribution in [2.75, 3.05) is 20.2 Å². The van der Waals surface area contributed by atoms with Gasteiger partial charge in [-0.15, -0.1) is 0 Å². The number of hydrogen-bond acceptors (Lipinski definition) is 3. The molecular weight excluding hydrogens is 248 g/mol. The van der Waals surface area contributed by atoms with Crippen LogP contribution in [0.1, 0.15) is 46.2 Å². The molecule has 114 valence electrons. The van der Waals surface area contributed by atoms with Gasteiger partial charge in [-0.25, -0.2) is 0 Å². The number of benzene rings is 1. The van der Waals surface area contributed by atoms with Crippen molar-refractivity contribution in [1.82, 2.24) is 4.90 Å². The minimum Gasteiger partial charge on any atom is -0.494 e. The molecule has 0 bridgehead atoms. The van der Waals surface area contributed by atoms with Crippen LogP contribution in [0.5, 0.6) is 5.75 Å². The van der Waals surface area contributed by atoms with E-state index in [1.54, 1.807) is 0 Å². The summed E-state index contributed by atoms with van der Waals surface area (Å²) in [5.41, 5.74) is 7.72. The molecule has 0 saturated heterocycles. The zero-order valence-electron chi connectivity index (χ0n) is 13.8. The zero-order valence-corrected chi connectivity index (χ0v) is 13.8. The molecule has 1 rings (SSSR count). The molecule has 0 aliphatic carbocycles. The van der Waals surface area contributed by atoms with Crippen molar-refractivity contribution in [3.05, 3.63) is 29.8 Å². The second-order valence-electron chi connectivity index (χ2n) is 6.56. The fourth-order valence-corrected chi connectivity index (χ4v) is 2.30. The van der Waals surface area contributed by atoms with E-state index in [1.165, 1.54) is 0 Å². The van der Waals surface area contributed by atoms with Crippen LogP contribution in [0.4, 0.5) is 0 Å². The van der Waals surface area contributed by atoms with Crippen molar-refractivity contribution in [1.29, 1.82) is 0 Å². The van der Waals surface area contributed by atoms with Gasteiger partial charge in [-0.2, -0.15) is 0 Å². The number of para-hydroxylation sites is 1. The highest BCUT2D eigenvalue weighted by atomic mass is 16.5. The van der Waals surface area contributed by atoms with E-state index in [0.717, 1.165) is 17.9 Å². The molecule has 20 heavy (non-hydrogen) atoms. The van der Waals surface area contributed by atoms with E-state index in [9.17, 15) is 0 Å². The molecule has 1 aromatic rings. The smallest absolute Gasteiger partial charge is 0.124 e. The van der Waals surface area contributed by atoms with Gasteiger partial charge < -0.3 is 15.4 Å². The third kappa shape index (κ3) is 4.50. The lowest BCUT2D eigenvalue weighted by Gasteiger charge is -2.36. The quantitative estimate of drug-likeness (QED) is 0.866. The number of nitrogens with zero attached hydrogens (tertiary/aromatic N) is 1. The van der Waals surface area contributed by atoms with Gasteiger partial charge in [-0.05, 0) is 32.4 Å². The summed E-state index contributed by atoms with van der Waals surface area (Å²) in [6.07, 6.45) is 0. The van der Waals surface area contributed by atoms with Crippen LogP contribution in [-0.4, -0.2) is 31.1 Å². The van der Waals surface area contributed by atoms with E-state index in [0.29, 0.717) is 12.6 Å². The van der Waals surface area contributed by atoms with Crippen LogP contribution in [0.25, 0.3) is 0 Å². The van der Waals surface area contributed by atoms with Gasteiger partial charge in [0.2, 0.25) is 0 Å². The molecule has 3 nitrogen and oxygen atoms in total. The topological polar surface area (TPSA) is 38.5 Å². The normalized spacial score (nSPS) is 15.2. The highest BCUT2D eigenvalue weighted by Gasteiger charge is 2.25. The number of rotatable bonds is 6. The lowest BCUT2D eigenvalue weighted by molar-refractivity contribution is 0.134. The molecular formula is C17H30N2O. The molecule has 2 unspecified atom stereocenters. The molecule has 3 heteroatoms. The maximum absolute atomic E-state index is 6.39. The summed E-state index contributed by atoms with van der Waals surface area (Å²) in [6, 6.07) is 8.49. The van der Waals surface area contributed by atoms with Crippen LogP contribution in [0.15, 0.2) is 24.3 Å². The van der Waals surface area contributed by atoms with Crippen LogP contribution in [0.3, 0.4) is 0 Å². The summed E-state index contributed by atoms with van der Waals surface area (Å²) < 4.78 is 5.67. The fourth-order valence-electron chi connectivity index (χ4n) is 2.30. The number of ether oxygens (including phenoxy) is 1. The van der Waals surface area contributed by atoms with Crippen molar-refractivity contribution in [3.63, 3.8) is 0 Å². The molecule has 0 aliphatic rings. The minimum atomic E-state index is -0.0347. The maximum atomic E-state index is 6.39. The van der Waals surface area contributed by atoms with E-state index in [4.69, 9.17) is 10.5 Å². The largest absolute Gasteiger partial charge is 0.494 e. The van der Waals surface area contributed by atoms with Crippen molar-refractivity contribution in [2.45, 2.75) is 46.7 Å². The maximum Gasteiger partial charge on any atom is 0.124 e. The number of nitrogens with two attached hydrogens (primary N) is 1. The van der Waals surface area contributed by atoms with Crippen LogP contribution in [0.2, 0.25) is 0 Å². The Morgan fingerprint density at radius 3 is 2.40 bits per heavy atom. The molecule has 0 aromatic heterocycles. The first-order valence-electron chi connectivity index (χ1n) is 7.45. The molecule has 0 heterocycles. The fraction of sp³-hybridized carbons (Fsp3) is 0.647. The van der Waals surface area contributed by atoms with Gasteiger partial charge in [0.15, 0.2) is 0 Å². The Labute approximate surface area is 124 Å². The third-order valence-electron chi connectivity index (χ3n) is 4.02. The van der Waals surface area contributed by atoms with Crippen LogP contribution in [-0.2, 0) is 0 Å². The van der Waals surface area contributed by atoms with Crippen molar-refractivity contribution < 1.29 is 4.74 Å². The van der Waals surface area contributed by atoms with Crippen molar-refractivity contribution in [2.24, 2.45) is 11.1 Å². The molecule has 2 N–H and O–H groups in total. The Morgan fingerprint density at radius 2 is 1.85 bits per heavy atom. The molecule has 0 spiro atoms. The second-order valence-corrected chi connectivity index (χ2v) is 6.56. The van der Waals surface area contributed by atoms with E-state index < -0.39 is 0 Å². The van der Waals surface area contributed by atoms with Crippen molar-refractivity contribution >= 4 is 0 Å². The van der Waals surface area contributed by atoms with Gasteiger partial charge in [0, 0.05) is 24.2 Å². The molecule has 1 aromatic carbocycles. The minimum absolute atomic E-state index is 0.0347. The molecule has 0 saturated carbocycles. The summed E-state index contributed by atoms with van der Waals surface area (Å²) >= 11 is 0. The van der Waals surface area contributed by atoms with E-state index in [1.807, 2.05) is 25.1 Å². The first-order chi connectivity index (χ1) is 9.27. The summed E-state index contributed by atoms with van der Waals surface area (Å²) in [5, 5.41) is 0.